The normalized spacial score (nSPS) is 13.1. The van der Waals surface area contributed by atoms with E-state index in [1.807, 2.05) is 0 Å². The molecule has 0 spiro atoms. The molecule has 0 heterocycles. The zero-order chi connectivity index (χ0) is 20.8. The van der Waals surface area contributed by atoms with Gasteiger partial charge in [0.05, 0.1) is 11.6 Å². The second-order valence-corrected chi connectivity index (χ2v) is 7.34. The van der Waals surface area contributed by atoms with E-state index in [2.05, 4.69) is 5.32 Å². The fraction of sp³-hybridized carbons (Fsp3) is 0.579. The average molecular weight is 389 g/mol. The van der Waals surface area contributed by atoms with Gasteiger partial charge >= 0.3 is 18.2 Å². The molecule has 27 heavy (non-hydrogen) atoms. The maximum Gasteiger partial charge on any atom is 0.416 e. The minimum Gasteiger partial charge on any atom is -0.481 e. The van der Waals surface area contributed by atoms with Crippen molar-refractivity contribution in [3.05, 3.63) is 34.9 Å². The minimum absolute atomic E-state index is 0.0681. The number of alkyl carbamates (subject to hydrolysis) is 1. The van der Waals surface area contributed by atoms with E-state index in [0.29, 0.717) is 12.0 Å². The zero-order valence-electron chi connectivity index (χ0n) is 15.9. The van der Waals surface area contributed by atoms with Crippen molar-refractivity contribution < 1.29 is 32.6 Å². The molecule has 0 aliphatic rings. The van der Waals surface area contributed by atoms with Crippen LogP contribution in [0.1, 0.15) is 69.7 Å². The Morgan fingerprint density at radius 1 is 1.19 bits per heavy atom. The predicted octanol–water partition coefficient (Wildman–Crippen LogP) is 5.09. The van der Waals surface area contributed by atoms with Gasteiger partial charge in [-0.2, -0.15) is 13.2 Å². The molecule has 152 valence electrons. The Balaban J connectivity index is 3.06. The maximum atomic E-state index is 13.4. The number of carboxylic acids is 1. The molecule has 0 aliphatic heterocycles. The highest BCUT2D eigenvalue weighted by atomic mass is 19.4. The largest absolute Gasteiger partial charge is 0.481 e. The van der Waals surface area contributed by atoms with Gasteiger partial charge in [0, 0.05) is 6.42 Å². The van der Waals surface area contributed by atoms with Gasteiger partial charge < -0.3 is 15.2 Å². The van der Waals surface area contributed by atoms with Crippen LogP contribution in [0.5, 0.6) is 0 Å². The lowest BCUT2D eigenvalue weighted by atomic mass is 9.92. The van der Waals surface area contributed by atoms with Crippen LogP contribution in [0, 0.1) is 0 Å². The van der Waals surface area contributed by atoms with Gasteiger partial charge in [-0.3, -0.25) is 4.79 Å². The van der Waals surface area contributed by atoms with Gasteiger partial charge in [-0.25, -0.2) is 4.79 Å². The first kappa shape index (κ1) is 22.8. The number of ether oxygens (including phenoxy) is 1. The van der Waals surface area contributed by atoms with Crippen molar-refractivity contribution >= 4 is 12.1 Å². The lowest BCUT2D eigenvalue weighted by Crippen LogP contribution is -2.34. The van der Waals surface area contributed by atoms with Crippen molar-refractivity contribution in [2.45, 2.75) is 71.2 Å². The van der Waals surface area contributed by atoms with Gasteiger partial charge in [0.1, 0.15) is 5.60 Å². The van der Waals surface area contributed by atoms with Crippen LogP contribution in [0.25, 0.3) is 0 Å². The average Bonchev–Trinajstić information content (AvgIpc) is 2.48. The number of rotatable bonds is 7. The number of benzene rings is 1. The summed E-state index contributed by atoms with van der Waals surface area (Å²) in [4.78, 5) is 22.6. The first-order valence-electron chi connectivity index (χ1n) is 8.71. The van der Waals surface area contributed by atoms with Crippen LogP contribution in [0.4, 0.5) is 18.0 Å². The Hall–Kier alpha value is -2.25. The lowest BCUT2D eigenvalue weighted by Gasteiger charge is -2.24. The summed E-state index contributed by atoms with van der Waals surface area (Å²) >= 11 is 0. The van der Waals surface area contributed by atoms with E-state index in [0.717, 1.165) is 6.07 Å². The molecular formula is C19H26F3NO4. The number of carboxylic acid groups (broad SMARTS) is 1. The van der Waals surface area contributed by atoms with Crippen LogP contribution in [0.15, 0.2) is 18.2 Å². The number of carbonyl (C=O) groups excluding carboxylic acids is 1. The summed E-state index contributed by atoms with van der Waals surface area (Å²) in [5.74, 6) is -0.987. The molecule has 0 fully saturated rings. The number of nitrogens with one attached hydrogen (secondary N) is 1. The summed E-state index contributed by atoms with van der Waals surface area (Å²) in [5, 5.41) is 11.2. The fourth-order valence-electron chi connectivity index (χ4n) is 2.70. The Morgan fingerprint density at radius 2 is 1.81 bits per heavy atom. The molecule has 5 nitrogen and oxygen atoms in total. The Labute approximate surface area is 156 Å². The molecule has 1 aromatic carbocycles. The third kappa shape index (κ3) is 7.88. The second kappa shape index (κ2) is 9.10. The van der Waals surface area contributed by atoms with Gasteiger partial charge in [-0.1, -0.05) is 12.1 Å². The molecule has 8 heteroatoms. The third-order valence-corrected chi connectivity index (χ3v) is 3.78. The van der Waals surface area contributed by atoms with Gasteiger partial charge in [0.2, 0.25) is 0 Å². The molecule has 1 atom stereocenters. The summed E-state index contributed by atoms with van der Waals surface area (Å²) in [6.07, 6.45) is -4.72. The van der Waals surface area contributed by atoms with Crippen molar-refractivity contribution in [1.82, 2.24) is 5.32 Å². The monoisotopic (exact) mass is 389 g/mol. The highest BCUT2D eigenvalue weighted by molar-refractivity contribution is 5.68. The molecule has 0 aliphatic carbocycles. The van der Waals surface area contributed by atoms with Crippen LogP contribution in [-0.2, 0) is 22.1 Å². The van der Waals surface area contributed by atoms with Gasteiger partial charge in [0.15, 0.2) is 0 Å². The van der Waals surface area contributed by atoms with Crippen LogP contribution in [0.3, 0.4) is 0 Å². The van der Waals surface area contributed by atoms with Crippen molar-refractivity contribution in [3.63, 3.8) is 0 Å². The SMILES string of the molecule is C[C@@H](NC(=O)OC(C)(C)C)c1cccc(C(F)(F)F)c1CCCCC(=O)O. The first-order chi connectivity index (χ1) is 12.3. The van der Waals surface area contributed by atoms with Crippen molar-refractivity contribution in [2.24, 2.45) is 0 Å². The Kier molecular flexibility index (Phi) is 7.68. The summed E-state index contributed by atoms with van der Waals surface area (Å²) in [6, 6.07) is 3.13. The molecule has 0 unspecified atom stereocenters. The summed E-state index contributed by atoms with van der Waals surface area (Å²) in [5.41, 5.74) is -1.09. The number of aliphatic carboxylic acids is 1. The molecular weight excluding hydrogens is 363 g/mol. The Morgan fingerprint density at radius 3 is 2.33 bits per heavy atom. The van der Waals surface area contributed by atoms with E-state index >= 15 is 0 Å². The van der Waals surface area contributed by atoms with Gasteiger partial charge in [0.25, 0.3) is 0 Å². The smallest absolute Gasteiger partial charge is 0.416 e. The molecule has 1 aromatic rings. The highest BCUT2D eigenvalue weighted by Crippen LogP contribution is 2.36. The minimum atomic E-state index is -4.54. The maximum absolute atomic E-state index is 13.4. The molecule has 0 radical (unpaired) electrons. The third-order valence-electron chi connectivity index (χ3n) is 3.78. The molecule has 2 N–H and O–H groups in total. The number of unbranched alkanes of at least 4 members (excludes halogenated alkanes) is 1. The second-order valence-electron chi connectivity index (χ2n) is 7.34. The quantitative estimate of drug-likeness (QED) is 0.637. The number of alkyl halides is 3. The van der Waals surface area contributed by atoms with E-state index < -0.39 is 35.4 Å². The van der Waals surface area contributed by atoms with Crippen molar-refractivity contribution in [3.8, 4) is 0 Å². The number of amides is 1. The number of hydrogen-bond donors (Lipinski definition) is 2. The zero-order valence-corrected chi connectivity index (χ0v) is 15.9. The molecule has 0 saturated heterocycles. The highest BCUT2D eigenvalue weighted by Gasteiger charge is 2.34. The van der Waals surface area contributed by atoms with Crippen LogP contribution >= 0.6 is 0 Å². The number of carbonyl (C=O) groups is 2. The topological polar surface area (TPSA) is 75.6 Å². The first-order valence-corrected chi connectivity index (χ1v) is 8.71. The standard InChI is InChI=1S/C19H26F3NO4/c1-12(23-17(26)27-18(2,3)4)13-9-7-10-15(19(20,21)22)14(13)8-5-6-11-16(24)25/h7,9-10,12H,5-6,8,11H2,1-4H3,(H,23,26)(H,24,25)/t12-/m1/s1. The van der Waals surface area contributed by atoms with Crippen LogP contribution in [0.2, 0.25) is 0 Å². The van der Waals surface area contributed by atoms with Crippen LogP contribution < -0.4 is 5.32 Å². The van der Waals surface area contributed by atoms with Crippen molar-refractivity contribution in [2.75, 3.05) is 0 Å². The molecule has 0 saturated carbocycles. The van der Waals surface area contributed by atoms with E-state index in [9.17, 15) is 22.8 Å². The van der Waals surface area contributed by atoms with E-state index in [1.165, 1.54) is 12.1 Å². The van der Waals surface area contributed by atoms with Gasteiger partial charge in [-0.05, 0) is 64.2 Å². The van der Waals surface area contributed by atoms with Crippen LogP contribution in [-0.4, -0.2) is 22.8 Å². The van der Waals surface area contributed by atoms with Gasteiger partial charge in [-0.15, -0.1) is 0 Å². The molecule has 1 amide bonds. The number of halogens is 3. The molecule has 0 bridgehead atoms. The lowest BCUT2D eigenvalue weighted by molar-refractivity contribution is -0.139. The predicted molar refractivity (Wildman–Crippen MR) is 94.4 cm³/mol. The number of hydrogen-bond acceptors (Lipinski definition) is 3. The fourth-order valence-corrected chi connectivity index (χ4v) is 2.70. The van der Waals surface area contributed by atoms with E-state index in [1.54, 1.807) is 27.7 Å². The summed E-state index contributed by atoms with van der Waals surface area (Å²) in [7, 11) is 0. The summed E-state index contributed by atoms with van der Waals surface area (Å²) < 4.78 is 45.4. The van der Waals surface area contributed by atoms with Crippen molar-refractivity contribution in [1.29, 1.82) is 0 Å². The summed E-state index contributed by atoms with van der Waals surface area (Å²) in [6.45, 7) is 6.65. The van der Waals surface area contributed by atoms with E-state index in [4.69, 9.17) is 9.84 Å². The Bertz CT molecular complexity index is 666. The molecule has 0 aromatic heterocycles. The van der Waals surface area contributed by atoms with E-state index in [-0.39, 0.29) is 24.8 Å². The molecule has 1 rings (SSSR count).